The number of aromatic nitrogens is 2. The van der Waals surface area contributed by atoms with Gasteiger partial charge in [0.1, 0.15) is 29.7 Å². The van der Waals surface area contributed by atoms with E-state index in [0.717, 1.165) is 29.8 Å². The van der Waals surface area contributed by atoms with Gasteiger partial charge in [-0.3, -0.25) is 0 Å². The van der Waals surface area contributed by atoms with Crippen LogP contribution >= 0.6 is 21.7 Å². The van der Waals surface area contributed by atoms with Gasteiger partial charge in [-0.1, -0.05) is 41.9 Å². The fourth-order valence-corrected chi connectivity index (χ4v) is 4.69. The van der Waals surface area contributed by atoms with E-state index >= 15 is 0 Å². The number of halogens is 2. The molecule has 0 spiro atoms. The van der Waals surface area contributed by atoms with E-state index in [-0.39, 0.29) is 5.92 Å². The summed E-state index contributed by atoms with van der Waals surface area (Å²) in [5, 5.41) is 3.71. The van der Waals surface area contributed by atoms with Crippen LogP contribution in [0.15, 0.2) is 88.7 Å². The van der Waals surface area contributed by atoms with Gasteiger partial charge in [-0.25, -0.2) is 9.98 Å². The minimum atomic E-state index is 0.255. The molecular formula is C26H27Cl2FeN6O2. The Bertz CT molecular complexity index is 1310. The number of hydrogen-bond acceptors (Lipinski definition) is 7. The molecule has 0 saturated carbocycles. The average molecular weight is 582 g/mol. The third-order valence-electron chi connectivity index (χ3n) is 6.19. The molecule has 0 fully saturated rings. The summed E-state index contributed by atoms with van der Waals surface area (Å²) < 4.78 is 13.7. The van der Waals surface area contributed by atoms with E-state index in [1.807, 2.05) is 18.2 Å². The van der Waals surface area contributed by atoms with Crippen LogP contribution in [0.5, 0.6) is 5.75 Å². The van der Waals surface area contributed by atoms with Crippen molar-refractivity contribution >= 4 is 33.7 Å². The van der Waals surface area contributed by atoms with Gasteiger partial charge in [0.2, 0.25) is 0 Å². The number of hydrogen-bond donors (Lipinski definition) is 3. The van der Waals surface area contributed by atoms with Crippen molar-refractivity contribution in [2.24, 2.45) is 10.7 Å². The molecule has 0 bridgehead atoms. The van der Waals surface area contributed by atoms with E-state index in [2.05, 4.69) is 64.8 Å². The van der Waals surface area contributed by atoms with Gasteiger partial charge in [0, 0.05) is 35.1 Å². The molecule has 1 aliphatic heterocycles. The molecule has 2 heterocycles. The summed E-state index contributed by atoms with van der Waals surface area (Å²) in [5.41, 5.74) is 18.3. The second kappa shape index (κ2) is 13.0. The number of nitrogens with one attached hydrogen (secondary N) is 1. The molecule has 37 heavy (non-hydrogen) atoms. The van der Waals surface area contributed by atoms with Crippen LogP contribution in [0.25, 0.3) is 5.69 Å². The summed E-state index contributed by atoms with van der Waals surface area (Å²) >= 11 is 8.69. The van der Waals surface area contributed by atoms with E-state index in [1.165, 1.54) is 11.1 Å². The average Bonchev–Trinajstić information content (AvgIpc) is 3.52. The molecule has 5 N–H and O–H groups in total. The Morgan fingerprint density at radius 3 is 2.65 bits per heavy atom. The van der Waals surface area contributed by atoms with E-state index in [0.29, 0.717) is 42.2 Å². The summed E-state index contributed by atoms with van der Waals surface area (Å²) in [6.45, 7) is 1.39. The monoisotopic (exact) mass is 581 g/mol. The summed E-state index contributed by atoms with van der Waals surface area (Å²) in [4.78, 5) is 8.30. The quantitative estimate of drug-likeness (QED) is 0.190. The fraction of sp³-hybridized carbons (Fsp3) is 0.231. The van der Waals surface area contributed by atoms with E-state index < -0.39 is 0 Å². The first-order valence-electron chi connectivity index (χ1n) is 11.6. The van der Waals surface area contributed by atoms with Gasteiger partial charge < -0.3 is 30.8 Å². The predicted octanol–water partition coefficient (Wildman–Crippen LogP) is 4.82. The standard InChI is InChI=1S/C26H27ClN6O2.ClH.Fe/c27-24-14-33(16-32-24)22-7-6-18(28)12-23(22)35-11-10-34-9-8-19-20(17-4-2-1-3-5-17)13-21-25(19)30-15-31-26(21)29;;/h1-7,12,14-16,20H,8-11,13,28-29H2,(H,30,31);1H;/q;;+1/p-1. The molecule has 2 aromatic carbocycles. The van der Waals surface area contributed by atoms with Crippen LogP contribution < -0.4 is 21.5 Å². The fourth-order valence-electron chi connectivity index (χ4n) is 4.54. The number of ether oxygens (including phenoxy) is 2. The summed E-state index contributed by atoms with van der Waals surface area (Å²) in [5.74, 6) is 1.48. The van der Waals surface area contributed by atoms with E-state index in [1.54, 1.807) is 29.5 Å². The van der Waals surface area contributed by atoms with Gasteiger partial charge in [-0.15, -0.1) is 0 Å². The zero-order valence-electron chi connectivity index (χ0n) is 19.9. The molecule has 1 aliphatic carbocycles. The molecule has 3 aromatic rings. The Labute approximate surface area is 233 Å². The first kappa shape index (κ1) is 27.1. The molecule has 1 aromatic heterocycles. The zero-order chi connectivity index (χ0) is 26.2. The number of aliphatic imine (C=N–C) groups is 1. The minimum absolute atomic E-state index is 0.255. The molecule has 195 valence electrons. The number of nitrogen functional groups attached to an aromatic ring is 1. The van der Waals surface area contributed by atoms with Crippen LogP contribution in [-0.4, -0.2) is 35.7 Å². The summed E-state index contributed by atoms with van der Waals surface area (Å²) in [7, 11) is 4.39. The third kappa shape index (κ3) is 6.50. The first-order valence-corrected chi connectivity index (χ1v) is 13.5. The Hall–Kier alpha value is -2.94. The number of rotatable bonds is 9. The molecule has 1 atom stereocenters. The van der Waals surface area contributed by atoms with Crippen LogP contribution in [0, 0.1) is 0 Å². The van der Waals surface area contributed by atoms with Crippen molar-refractivity contribution < 1.29 is 24.6 Å². The van der Waals surface area contributed by atoms with Gasteiger partial charge in [0.25, 0.3) is 0 Å². The van der Waals surface area contributed by atoms with Crippen molar-refractivity contribution in [3.63, 3.8) is 0 Å². The number of nitrogens with two attached hydrogens (primary N) is 2. The second-order valence-electron chi connectivity index (χ2n) is 8.38. The number of nitrogens with zero attached hydrogens (tertiary/aromatic N) is 3. The number of fused-ring (bicyclic) bond motifs is 1. The van der Waals surface area contributed by atoms with Crippen molar-refractivity contribution in [2.75, 3.05) is 25.6 Å². The molecule has 0 amide bonds. The van der Waals surface area contributed by atoms with Crippen LogP contribution in [0.3, 0.4) is 0 Å². The van der Waals surface area contributed by atoms with Crippen LogP contribution in [0.1, 0.15) is 24.3 Å². The molecule has 5 rings (SSSR count). The maximum absolute atomic E-state index is 6.18. The van der Waals surface area contributed by atoms with Crippen molar-refractivity contribution in [1.82, 2.24) is 14.9 Å². The van der Waals surface area contributed by atoms with E-state index in [9.17, 15) is 0 Å². The molecule has 11 heteroatoms. The molecule has 0 saturated heterocycles. The second-order valence-corrected chi connectivity index (χ2v) is 8.76. The number of anilines is 1. The van der Waals surface area contributed by atoms with Crippen LogP contribution in [0.2, 0.25) is 5.15 Å². The third-order valence-corrected chi connectivity index (χ3v) is 6.38. The SMILES string of the molecule is NC1=C2CC(c3ccccc3)C(CCOCCOc3cc(N)ccc3-n3cnc(Cl)c3)=C2NC=N1.[Cl][Fe]. The van der Waals surface area contributed by atoms with E-state index in [4.69, 9.17) is 32.5 Å². The molecule has 8 nitrogen and oxygen atoms in total. The number of allylic oxidation sites excluding steroid dienone is 1. The van der Waals surface area contributed by atoms with Crippen molar-refractivity contribution in [3.8, 4) is 11.4 Å². The molecular weight excluding hydrogens is 555 g/mol. The summed E-state index contributed by atoms with van der Waals surface area (Å²) in [6.07, 6.45) is 6.63. The van der Waals surface area contributed by atoms with Crippen molar-refractivity contribution in [1.29, 1.82) is 0 Å². The van der Waals surface area contributed by atoms with Gasteiger partial charge in [-0.05, 0) is 36.1 Å². The van der Waals surface area contributed by atoms with Crippen LogP contribution in [0.4, 0.5) is 5.69 Å². The Morgan fingerprint density at radius 2 is 1.89 bits per heavy atom. The predicted molar refractivity (Wildman–Crippen MR) is 143 cm³/mol. The molecule has 0 radical (unpaired) electrons. The topological polar surface area (TPSA) is 113 Å². The first-order chi connectivity index (χ1) is 18.1. The maximum atomic E-state index is 6.18. The Balaban J connectivity index is 0.00000156. The molecule has 2 aliphatic rings. The normalized spacial score (nSPS) is 16.2. The van der Waals surface area contributed by atoms with Crippen molar-refractivity contribution in [2.45, 2.75) is 18.8 Å². The van der Waals surface area contributed by atoms with Gasteiger partial charge in [-0.2, -0.15) is 0 Å². The van der Waals surface area contributed by atoms with Gasteiger partial charge in [0.05, 0.1) is 25.2 Å². The number of imidazole rings is 1. The zero-order valence-corrected chi connectivity index (χ0v) is 22.5. The Morgan fingerprint density at radius 1 is 1.08 bits per heavy atom. The molecule has 1 unspecified atom stereocenters. The number of benzene rings is 2. The van der Waals surface area contributed by atoms with Gasteiger partial charge in [0.15, 0.2) is 0 Å². The Kier molecular flexibility index (Phi) is 9.55. The summed E-state index contributed by atoms with van der Waals surface area (Å²) in [6, 6.07) is 16.0. The van der Waals surface area contributed by atoms with Gasteiger partial charge >= 0.3 is 25.2 Å². The van der Waals surface area contributed by atoms with Crippen molar-refractivity contribution in [3.05, 3.63) is 94.4 Å². The van der Waals surface area contributed by atoms with Crippen LogP contribution in [-0.2, 0) is 19.8 Å².